The summed E-state index contributed by atoms with van der Waals surface area (Å²) in [5, 5.41) is 9.70. The lowest BCUT2D eigenvalue weighted by atomic mass is 9.90. The van der Waals surface area contributed by atoms with Gasteiger partial charge in [0.05, 0.1) is 18.2 Å². The number of aromatic nitrogens is 1. The molecular weight excluding hydrogens is 472 g/mol. The van der Waals surface area contributed by atoms with Crippen molar-refractivity contribution in [1.29, 1.82) is 0 Å². The Morgan fingerprint density at radius 2 is 1.78 bits per heavy atom. The van der Waals surface area contributed by atoms with E-state index in [1.807, 2.05) is 61.5 Å². The van der Waals surface area contributed by atoms with E-state index in [4.69, 9.17) is 13.9 Å². The van der Waals surface area contributed by atoms with Crippen molar-refractivity contribution in [3.8, 4) is 17.2 Å². The summed E-state index contributed by atoms with van der Waals surface area (Å²) in [4.78, 5) is 30.4. The lowest BCUT2D eigenvalue weighted by molar-refractivity contribution is -0.142. The predicted octanol–water partition coefficient (Wildman–Crippen LogP) is 5.38. The quantitative estimate of drug-likeness (QED) is 0.437. The van der Waals surface area contributed by atoms with Crippen molar-refractivity contribution in [2.45, 2.75) is 46.1 Å². The fourth-order valence-electron chi connectivity index (χ4n) is 4.49. The number of carboxylic acids is 1. The highest BCUT2D eigenvalue weighted by atomic mass is 16.6. The molecule has 3 aromatic rings. The highest BCUT2D eigenvalue weighted by molar-refractivity contribution is 5.74. The van der Waals surface area contributed by atoms with Crippen LogP contribution >= 0.6 is 0 Å². The Bertz CT molecular complexity index is 1210. The normalized spacial score (nSPS) is 17.6. The van der Waals surface area contributed by atoms with E-state index in [2.05, 4.69) is 4.98 Å². The van der Waals surface area contributed by atoms with Gasteiger partial charge in [-0.2, -0.15) is 0 Å². The fraction of sp³-hybridized carbons (Fsp3) is 0.414. The number of nitrogens with zero attached hydrogens (tertiary/aromatic N) is 2. The van der Waals surface area contributed by atoms with Crippen LogP contribution in [0.2, 0.25) is 0 Å². The minimum atomic E-state index is -0.894. The van der Waals surface area contributed by atoms with Crippen molar-refractivity contribution < 1.29 is 28.6 Å². The van der Waals surface area contributed by atoms with Crippen LogP contribution in [0.3, 0.4) is 0 Å². The lowest BCUT2D eigenvalue weighted by Gasteiger charge is -2.24. The largest absolute Gasteiger partial charge is 0.493 e. The summed E-state index contributed by atoms with van der Waals surface area (Å²) in [6.45, 7) is 8.26. The SMILES string of the molecule is Cc1oc(-c2ccccc2)nc1CCOc1ccc(C[C@@H]2CN(C(=O)OC(C)(C)C)C[C@H]2C(=O)O)cc1. The zero-order chi connectivity index (χ0) is 26.6. The summed E-state index contributed by atoms with van der Waals surface area (Å²) in [6.07, 6.45) is 0.701. The van der Waals surface area contributed by atoms with Crippen LogP contribution in [-0.2, 0) is 22.4 Å². The van der Waals surface area contributed by atoms with Gasteiger partial charge in [-0.1, -0.05) is 30.3 Å². The molecule has 37 heavy (non-hydrogen) atoms. The van der Waals surface area contributed by atoms with Crippen LogP contribution < -0.4 is 4.74 Å². The van der Waals surface area contributed by atoms with E-state index in [0.29, 0.717) is 31.9 Å². The van der Waals surface area contributed by atoms with E-state index >= 15 is 0 Å². The molecule has 0 unspecified atom stereocenters. The Balaban J connectivity index is 1.31. The van der Waals surface area contributed by atoms with Crippen molar-refractivity contribution in [3.63, 3.8) is 0 Å². The van der Waals surface area contributed by atoms with Crippen molar-refractivity contribution in [3.05, 3.63) is 71.6 Å². The van der Waals surface area contributed by atoms with E-state index in [1.165, 1.54) is 4.90 Å². The average molecular weight is 507 g/mol. The molecule has 1 saturated heterocycles. The molecule has 8 heteroatoms. The number of hydrogen-bond donors (Lipinski definition) is 1. The highest BCUT2D eigenvalue weighted by Gasteiger charge is 2.40. The monoisotopic (exact) mass is 506 g/mol. The molecule has 1 aromatic heterocycles. The maximum Gasteiger partial charge on any atom is 0.410 e. The number of benzene rings is 2. The van der Waals surface area contributed by atoms with Gasteiger partial charge in [0.15, 0.2) is 0 Å². The van der Waals surface area contributed by atoms with Crippen LogP contribution in [0.4, 0.5) is 4.79 Å². The van der Waals surface area contributed by atoms with Crippen LogP contribution in [-0.4, -0.2) is 52.4 Å². The first-order valence-corrected chi connectivity index (χ1v) is 12.5. The minimum absolute atomic E-state index is 0.156. The first kappa shape index (κ1) is 26.3. The number of carbonyl (C=O) groups excluding carboxylic acids is 1. The number of hydrogen-bond acceptors (Lipinski definition) is 6. The maximum atomic E-state index is 12.5. The van der Waals surface area contributed by atoms with Crippen molar-refractivity contribution >= 4 is 12.1 Å². The Labute approximate surface area is 217 Å². The van der Waals surface area contributed by atoms with Crippen molar-refractivity contribution in [2.24, 2.45) is 11.8 Å². The lowest BCUT2D eigenvalue weighted by Crippen LogP contribution is -2.36. The topological polar surface area (TPSA) is 102 Å². The van der Waals surface area contributed by atoms with E-state index in [-0.39, 0.29) is 12.5 Å². The molecule has 4 rings (SSSR count). The molecule has 196 valence electrons. The third-order valence-electron chi connectivity index (χ3n) is 6.35. The van der Waals surface area contributed by atoms with E-state index in [9.17, 15) is 14.7 Å². The van der Waals surface area contributed by atoms with E-state index in [0.717, 1.165) is 28.3 Å². The van der Waals surface area contributed by atoms with E-state index in [1.54, 1.807) is 20.8 Å². The number of carbonyl (C=O) groups is 2. The zero-order valence-corrected chi connectivity index (χ0v) is 21.8. The zero-order valence-electron chi connectivity index (χ0n) is 21.8. The molecule has 0 bridgehead atoms. The molecule has 1 amide bonds. The van der Waals surface area contributed by atoms with Crippen LogP contribution in [0, 0.1) is 18.8 Å². The molecule has 1 aliphatic heterocycles. The minimum Gasteiger partial charge on any atom is -0.493 e. The molecular formula is C29H34N2O6. The maximum absolute atomic E-state index is 12.5. The number of ether oxygens (including phenoxy) is 2. The molecule has 2 atom stereocenters. The number of amides is 1. The molecule has 2 aromatic carbocycles. The number of aliphatic carboxylic acids is 1. The van der Waals surface area contributed by atoms with Crippen LogP contribution in [0.15, 0.2) is 59.0 Å². The smallest absolute Gasteiger partial charge is 0.410 e. The Hall–Kier alpha value is -3.81. The third-order valence-corrected chi connectivity index (χ3v) is 6.35. The first-order chi connectivity index (χ1) is 17.6. The molecule has 1 aliphatic rings. The Morgan fingerprint density at radius 3 is 2.43 bits per heavy atom. The molecule has 0 saturated carbocycles. The predicted molar refractivity (Wildman–Crippen MR) is 138 cm³/mol. The van der Waals surface area contributed by atoms with Gasteiger partial charge in [0.2, 0.25) is 5.89 Å². The second-order valence-corrected chi connectivity index (χ2v) is 10.4. The average Bonchev–Trinajstić information content (AvgIpc) is 3.44. The fourth-order valence-corrected chi connectivity index (χ4v) is 4.49. The Morgan fingerprint density at radius 1 is 1.08 bits per heavy atom. The summed E-state index contributed by atoms with van der Waals surface area (Å²) in [7, 11) is 0. The molecule has 1 fully saturated rings. The summed E-state index contributed by atoms with van der Waals surface area (Å²) >= 11 is 0. The Kier molecular flexibility index (Phi) is 7.86. The van der Waals surface area contributed by atoms with Crippen LogP contribution in [0.5, 0.6) is 5.75 Å². The first-order valence-electron chi connectivity index (χ1n) is 12.5. The molecule has 0 spiro atoms. The molecule has 1 N–H and O–H groups in total. The van der Waals surface area contributed by atoms with E-state index < -0.39 is 23.6 Å². The molecule has 8 nitrogen and oxygen atoms in total. The second kappa shape index (κ2) is 11.1. The van der Waals surface area contributed by atoms with Gasteiger partial charge in [-0.3, -0.25) is 4.79 Å². The van der Waals surface area contributed by atoms with Gasteiger partial charge in [0.25, 0.3) is 0 Å². The summed E-state index contributed by atoms with van der Waals surface area (Å²) in [5.74, 6) is 0.400. The van der Waals surface area contributed by atoms with Gasteiger partial charge in [-0.05, 0) is 69.9 Å². The van der Waals surface area contributed by atoms with Gasteiger partial charge in [-0.15, -0.1) is 0 Å². The van der Waals surface area contributed by atoms with Gasteiger partial charge in [0.1, 0.15) is 17.1 Å². The number of oxazole rings is 1. The summed E-state index contributed by atoms with van der Waals surface area (Å²) in [6, 6.07) is 17.4. The van der Waals surface area contributed by atoms with Crippen molar-refractivity contribution in [1.82, 2.24) is 9.88 Å². The number of carboxylic acid groups (broad SMARTS) is 1. The summed E-state index contributed by atoms with van der Waals surface area (Å²) < 4.78 is 17.2. The van der Waals surface area contributed by atoms with Crippen molar-refractivity contribution in [2.75, 3.05) is 19.7 Å². The third kappa shape index (κ3) is 6.90. The molecule has 0 radical (unpaired) electrons. The standard InChI is InChI=1S/C29H34N2O6/c1-19-25(30-26(36-19)21-8-6-5-7-9-21)14-15-35-23-12-10-20(11-13-23)16-22-17-31(18-24(22)27(32)33)28(34)37-29(2,3)4/h5-13,22,24H,14-18H2,1-4H3,(H,32,33)/t22-,24-/m1/s1. The van der Waals surface area contributed by atoms with Gasteiger partial charge in [0, 0.05) is 25.1 Å². The number of aryl methyl sites for hydroxylation is 1. The van der Waals surface area contributed by atoms with Crippen LogP contribution in [0.25, 0.3) is 11.5 Å². The van der Waals surface area contributed by atoms with Gasteiger partial charge >= 0.3 is 12.1 Å². The van der Waals surface area contributed by atoms with Gasteiger partial charge < -0.3 is 23.9 Å². The van der Waals surface area contributed by atoms with Crippen LogP contribution in [0.1, 0.15) is 37.8 Å². The molecule has 2 heterocycles. The number of rotatable bonds is 8. The highest BCUT2D eigenvalue weighted by Crippen LogP contribution is 2.29. The molecule has 0 aliphatic carbocycles. The second-order valence-electron chi connectivity index (χ2n) is 10.4. The number of likely N-dealkylation sites (tertiary alicyclic amines) is 1. The van der Waals surface area contributed by atoms with Gasteiger partial charge in [-0.25, -0.2) is 9.78 Å². The summed E-state index contributed by atoms with van der Waals surface area (Å²) in [5.41, 5.74) is 2.18.